The lowest BCUT2D eigenvalue weighted by Crippen LogP contribution is -2.51. The molecule has 1 aliphatic heterocycles. The van der Waals surface area contributed by atoms with Crippen molar-refractivity contribution in [3.05, 3.63) is 35.9 Å². The minimum atomic E-state index is -0.564. The second kappa shape index (κ2) is 9.16. The normalized spacial score (nSPS) is 23.7. The van der Waals surface area contributed by atoms with Crippen molar-refractivity contribution in [2.24, 2.45) is 11.7 Å². The summed E-state index contributed by atoms with van der Waals surface area (Å²) in [7, 11) is 0. The van der Waals surface area contributed by atoms with Crippen molar-refractivity contribution >= 4 is 5.91 Å². The first-order valence-electron chi connectivity index (χ1n) is 8.96. The number of likely N-dealkylation sites (tertiary alicyclic amines) is 1. The van der Waals surface area contributed by atoms with Crippen molar-refractivity contribution in [3.8, 4) is 0 Å². The van der Waals surface area contributed by atoms with Crippen LogP contribution in [0.1, 0.15) is 38.7 Å². The van der Waals surface area contributed by atoms with Crippen LogP contribution in [-0.4, -0.2) is 47.2 Å². The summed E-state index contributed by atoms with van der Waals surface area (Å²) in [4.78, 5) is 14.5. The van der Waals surface area contributed by atoms with Gasteiger partial charge in [0.1, 0.15) is 0 Å². The Kier molecular flexibility index (Phi) is 7.21. The molecule has 0 aromatic heterocycles. The molecule has 1 aliphatic rings. The Labute approximate surface area is 145 Å². The average molecular weight is 333 g/mol. The van der Waals surface area contributed by atoms with Crippen LogP contribution in [0.5, 0.6) is 0 Å². The minimum absolute atomic E-state index is 0.149. The number of carbonyl (C=O) groups excluding carboxylic acids is 1. The number of amides is 1. The summed E-state index contributed by atoms with van der Waals surface area (Å²) in [5.41, 5.74) is 7.19. The molecule has 5 heteroatoms. The number of benzene rings is 1. The van der Waals surface area contributed by atoms with Gasteiger partial charge in [0, 0.05) is 13.1 Å². The van der Waals surface area contributed by atoms with E-state index in [9.17, 15) is 9.90 Å². The number of nitrogens with zero attached hydrogens (tertiary/aromatic N) is 1. The van der Waals surface area contributed by atoms with Crippen LogP contribution in [0.3, 0.4) is 0 Å². The number of hydrogen-bond donors (Lipinski definition) is 3. The zero-order chi connectivity index (χ0) is 17.5. The molecule has 1 aromatic rings. The van der Waals surface area contributed by atoms with Crippen LogP contribution in [0, 0.1) is 5.92 Å². The smallest absolute Gasteiger partial charge is 0.237 e. The molecular formula is C19H31N3O2. The van der Waals surface area contributed by atoms with E-state index in [1.54, 1.807) is 0 Å². The van der Waals surface area contributed by atoms with Gasteiger partial charge in [-0.15, -0.1) is 0 Å². The molecule has 2 rings (SSSR count). The highest BCUT2D eigenvalue weighted by Gasteiger charge is 2.28. The fraction of sp³-hybridized carbons (Fsp3) is 0.632. The highest BCUT2D eigenvalue weighted by Crippen LogP contribution is 2.15. The van der Waals surface area contributed by atoms with Gasteiger partial charge in [-0.05, 0) is 37.3 Å². The first-order chi connectivity index (χ1) is 11.5. The van der Waals surface area contributed by atoms with Crippen molar-refractivity contribution in [1.82, 2.24) is 10.2 Å². The number of rotatable bonds is 6. The second-order valence-electron chi connectivity index (χ2n) is 7.28. The number of aliphatic hydroxyl groups excluding tert-OH is 1. The summed E-state index contributed by atoms with van der Waals surface area (Å²) in [6.45, 7) is 6.42. The monoisotopic (exact) mass is 333 g/mol. The molecule has 1 fully saturated rings. The van der Waals surface area contributed by atoms with Crippen LogP contribution in [0.2, 0.25) is 0 Å². The molecule has 0 radical (unpaired) electrons. The minimum Gasteiger partial charge on any atom is -0.390 e. The van der Waals surface area contributed by atoms with Crippen molar-refractivity contribution in [2.75, 3.05) is 13.1 Å². The number of carbonyl (C=O) groups is 1. The number of nitrogens with one attached hydrogen (secondary N) is 1. The van der Waals surface area contributed by atoms with E-state index in [1.807, 2.05) is 18.2 Å². The molecule has 0 aliphatic carbocycles. The maximum atomic E-state index is 12.2. The molecule has 4 N–H and O–H groups in total. The molecule has 0 saturated carbocycles. The molecule has 2 unspecified atom stereocenters. The van der Waals surface area contributed by atoms with Crippen LogP contribution in [0.4, 0.5) is 0 Å². The Balaban J connectivity index is 1.87. The number of nitrogens with two attached hydrogens (primary N) is 1. The van der Waals surface area contributed by atoms with E-state index < -0.39 is 12.1 Å². The quantitative estimate of drug-likeness (QED) is 0.737. The van der Waals surface area contributed by atoms with E-state index in [-0.39, 0.29) is 11.9 Å². The fourth-order valence-corrected chi connectivity index (χ4v) is 3.27. The molecule has 1 saturated heterocycles. The van der Waals surface area contributed by atoms with Crippen LogP contribution >= 0.6 is 0 Å². The Hall–Kier alpha value is -1.43. The predicted octanol–water partition coefficient (Wildman–Crippen LogP) is 1.50. The lowest BCUT2D eigenvalue weighted by molar-refractivity contribution is -0.124. The summed E-state index contributed by atoms with van der Waals surface area (Å²) < 4.78 is 0. The standard InChI is InChI=1S/C19H31N3O2/c1-14(2)11-16(20)19(24)21-17-9-6-10-22(13-18(17)23)12-15-7-4-3-5-8-15/h3-5,7-8,14,16-18,23H,6,9-13,20H2,1-2H3,(H,21,24)/t16-,17?,18?/m0/s1. The van der Waals surface area contributed by atoms with E-state index in [0.29, 0.717) is 18.9 Å². The Morgan fingerprint density at radius 2 is 2.08 bits per heavy atom. The van der Waals surface area contributed by atoms with Gasteiger partial charge in [0.15, 0.2) is 0 Å². The molecule has 0 bridgehead atoms. The van der Waals surface area contributed by atoms with E-state index >= 15 is 0 Å². The third kappa shape index (κ3) is 5.89. The summed E-state index contributed by atoms with van der Waals surface area (Å²) in [5.74, 6) is 0.232. The summed E-state index contributed by atoms with van der Waals surface area (Å²) in [5, 5.41) is 13.5. The average Bonchev–Trinajstić information content (AvgIpc) is 2.69. The third-order valence-electron chi connectivity index (χ3n) is 4.54. The fourth-order valence-electron chi connectivity index (χ4n) is 3.27. The van der Waals surface area contributed by atoms with Gasteiger partial charge in [-0.25, -0.2) is 0 Å². The van der Waals surface area contributed by atoms with Gasteiger partial charge in [-0.1, -0.05) is 44.2 Å². The van der Waals surface area contributed by atoms with E-state index in [4.69, 9.17) is 5.73 Å². The van der Waals surface area contributed by atoms with Crippen LogP contribution in [0.25, 0.3) is 0 Å². The van der Waals surface area contributed by atoms with Crippen LogP contribution < -0.4 is 11.1 Å². The predicted molar refractivity (Wildman–Crippen MR) is 96.3 cm³/mol. The van der Waals surface area contributed by atoms with Crippen molar-refractivity contribution in [3.63, 3.8) is 0 Å². The molecular weight excluding hydrogens is 302 g/mol. The van der Waals surface area contributed by atoms with Gasteiger partial charge in [-0.3, -0.25) is 9.69 Å². The number of β-amino-alcohol motifs (C(OH)–C–C–N with tert-alkyl or cyclic N) is 1. The van der Waals surface area contributed by atoms with Crippen molar-refractivity contribution < 1.29 is 9.90 Å². The third-order valence-corrected chi connectivity index (χ3v) is 4.54. The number of aliphatic hydroxyl groups is 1. The van der Waals surface area contributed by atoms with Crippen molar-refractivity contribution in [1.29, 1.82) is 0 Å². The lowest BCUT2D eigenvalue weighted by atomic mass is 10.0. The second-order valence-corrected chi connectivity index (χ2v) is 7.28. The molecule has 0 spiro atoms. The molecule has 1 aromatic carbocycles. The Morgan fingerprint density at radius 3 is 2.75 bits per heavy atom. The van der Waals surface area contributed by atoms with Crippen LogP contribution in [-0.2, 0) is 11.3 Å². The van der Waals surface area contributed by atoms with E-state index in [2.05, 4.69) is 36.2 Å². The van der Waals surface area contributed by atoms with Gasteiger partial charge >= 0.3 is 0 Å². The zero-order valence-electron chi connectivity index (χ0n) is 14.8. The maximum absolute atomic E-state index is 12.2. The molecule has 134 valence electrons. The van der Waals surface area contributed by atoms with Gasteiger partial charge in [0.25, 0.3) is 0 Å². The number of hydrogen-bond acceptors (Lipinski definition) is 4. The molecule has 24 heavy (non-hydrogen) atoms. The Morgan fingerprint density at radius 1 is 1.38 bits per heavy atom. The first kappa shape index (κ1) is 18.9. The highest BCUT2D eigenvalue weighted by atomic mass is 16.3. The van der Waals surface area contributed by atoms with Crippen molar-refractivity contribution in [2.45, 2.75) is 57.8 Å². The summed E-state index contributed by atoms with van der Waals surface area (Å²) >= 11 is 0. The van der Waals surface area contributed by atoms with Gasteiger partial charge in [-0.2, -0.15) is 0 Å². The SMILES string of the molecule is CC(C)C[C@H](N)C(=O)NC1CCCN(Cc2ccccc2)CC1O. The first-order valence-corrected chi connectivity index (χ1v) is 8.96. The molecule has 1 amide bonds. The topological polar surface area (TPSA) is 78.6 Å². The molecule has 3 atom stereocenters. The molecule has 5 nitrogen and oxygen atoms in total. The van der Waals surface area contributed by atoms with Gasteiger partial charge in [0.2, 0.25) is 5.91 Å². The lowest BCUT2D eigenvalue weighted by Gasteiger charge is -2.26. The van der Waals surface area contributed by atoms with Gasteiger partial charge < -0.3 is 16.2 Å². The summed E-state index contributed by atoms with van der Waals surface area (Å²) in [6, 6.07) is 9.55. The highest BCUT2D eigenvalue weighted by molar-refractivity contribution is 5.81. The summed E-state index contributed by atoms with van der Waals surface area (Å²) in [6.07, 6.45) is 1.83. The van der Waals surface area contributed by atoms with Crippen LogP contribution in [0.15, 0.2) is 30.3 Å². The largest absolute Gasteiger partial charge is 0.390 e. The zero-order valence-corrected chi connectivity index (χ0v) is 14.8. The Bertz CT molecular complexity index is 507. The maximum Gasteiger partial charge on any atom is 0.237 e. The van der Waals surface area contributed by atoms with E-state index in [1.165, 1.54) is 5.56 Å². The molecule has 1 heterocycles. The van der Waals surface area contributed by atoms with E-state index in [0.717, 1.165) is 25.9 Å². The van der Waals surface area contributed by atoms with Gasteiger partial charge in [0.05, 0.1) is 18.2 Å².